The van der Waals surface area contributed by atoms with E-state index in [-0.39, 0.29) is 12.8 Å². The summed E-state index contributed by atoms with van der Waals surface area (Å²) in [6.45, 7) is 1.69. The zero-order chi connectivity index (χ0) is 23.5. The highest BCUT2D eigenvalue weighted by atomic mass is 17.2. The van der Waals surface area contributed by atoms with Gasteiger partial charge in [-0.05, 0) is 72.0 Å². The van der Waals surface area contributed by atoms with Crippen LogP contribution >= 0.6 is 0 Å². The molecule has 35 heavy (non-hydrogen) atoms. The third-order valence-corrected chi connectivity index (χ3v) is 7.33. The predicted molar refractivity (Wildman–Crippen MR) is 128 cm³/mol. The van der Waals surface area contributed by atoms with E-state index in [0.717, 1.165) is 48.0 Å². The first-order valence-corrected chi connectivity index (χ1v) is 11.8. The van der Waals surface area contributed by atoms with Gasteiger partial charge in [-0.2, -0.15) is 0 Å². The Morgan fingerprint density at radius 2 is 1.83 bits per heavy atom. The number of aromatic nitrogens is 1. The van der Waals surface area contributed by atoms with Crippen LogP contribution in [0.1, 0.15) is 28.4 Å². The normalized spacial score (nSPS) is 18.7. The first-order chi connectivity index (χ1) is 17.2. The van der Waals surface area contributed by atoms with E-state index in [4.69, 9.17) is 19.2 Å². The molecule has 0 amide bonds. The molecule has 0 fully saturated rings. The first-order valence-electron chi connectivity index (χ1n) is 11.8. The number of hydrogen-bond donors (Lipinski definition) is 1. The number of nitrogens with zero attached hydrogens (tertiary/aromatic N) is 3. The number of fused-ring (bicyclic) bond motifs is 7. The first kappa shape index (κ1) is 20.6. The minimum Gasteiger partial charge on any atom is -0.497 e. The molecule has 178 valence electrons. The zero-order valence-electron chi connectivity index (χ0n) is 19.3. The van der Waals surface area contributed by atoms with Gasteiger partial charge in [-0.3, -0.25) is 4.90 Å². The fourth-order valence-electron chi connectivity index (χ4n) is 5.65. The standard InChI is InChI=1S/C27H25N3O5/c1-32-19-7-8-23-21(12-19)22-13-24-20-14-27-26(34-30(35-27)33-18-5-3-2-4-6-18)11-17(20)9-10-28(24)15-25(22)29(23)16-31/h2-8,11-12,14,24,31H,9-10,13,15-16H2,1H3. The lowest BCUT2D eigenvalue weighted by atomic mass is 9.85. The van der Waals surface area contributed by atoms with Crippen molar-refractivity contribution >= 4 is 10.9 Å². The fraction of sp³-hybridized carbons (Fsp3) is 0.259. The molecule has 8 heteroatoms. The number of para-hydroxylation sites is 1. The Hall–Kier alpha value is -3.72. The van der Waals surface area contributed by atoms with Crippen LogP contribution < -0.4 is 19.2 Å². The number of ether oxygens (including phenoxy) is 1. The molecule has 0 saturated heterocycles. The molecule has 8 nitrogen and oxygen atoms in total. The fourth-order valence-corrected chi connectivity index (χ4v) is 5.65. The molecule has 0 aliphatic carbocycles. The number of benzene rings is 3. The Balaban J connectivity index is 1.23. The molecule has 3 aliphatic heterocycles. The van der Waals surface area contributed by atoms with Crippen molar-refractivity contribution in [3.63, 3.8) is 0 Å². The van der Waals surface area contributed by atoms with Crippen molar-refractivity contribution in [1.29, 1.82) is 0 Å². The molecule has 4 aromatic rings. The Labute approximate surface area is 202 Å². The Bertz CT molecular complexity index is 1430. The molecule has 3 aliphatic rings. The zero-order valence-corrected chi connectivity index (χ0v) is 19.3. The topological polar surface area (TPSA) is 68.6 Å². The summed E-state index contributed by atoms with van der Waals surface area (Å²) in [5.74, 6) is 2.76. The van der Waals surface area contributed by atoms with E-state index in [1.807, 2.05) is 47.0 Å². The lowest BCUT2D eigenvalue weighted by molar-refractivity contribution is -0.387. The summed E-state index contributed by atoms with van der Waals surface area (Å²) in [5.41, 5.74) is 6.01. The second-order valence-electron chi connectivity index (χ2n) is 9.13. The van der Waals surface area contributed by atoms with E-state index in [2.05, 4.69) is 23.1 Å². The maximum Gasteiger partial charge on any atom is 0.234 e. The molecule has 0 saturated carbocycles. The van der Waals surface area contributed by atoms with Gasteiger partial charge in [-0.15, -0.1) is 0 Å². The summed E-state index contributed by atoms with van der Waals surface area (Å²) in [5, 5.41) is 12.4. The number of aliphatic hydroxyl groups is 1. The Morgan fingerprint density at radius 1 is 1.00 bits per heavy atom. The van der Waals surface area contributed by atoms with Gasteiger partial charge in [0.05, 0.1) is 12.6 Å². The van der Waals surface area contributed by atoms with Gasteiger partial charge in [0, 0.05) is 30.2 Å². The van der Waals surface area contributed by atoms with Gasteiger partial charge in [0.1, 0.15) is 12.5 Å². The molecule has 0 radical (unpaired) electrons. The van der Waals surface area contributed by atoms with Crippen LogP contribution in [0, 0.1) is 0 Å². The molecule has 3 aromatic carbocycles. The number of hydrogen-bond acceptors (Lipinski definition) is 7. The third-order valence-electron chi connectivity index (χ3n) is 7.33. The number of aliphatic hydroxyl groups excluding tert-OH is 1. The van der Waals surface area contributed by atoms with E-state index in [1.165, 1.54) is 22.4 Å². The monoisotopic (exact) mass is 471 g/mol. The molecule has 7 rings (SSSR count). The second kappa shape index (κ2) is 7.91. The molecule has 1 N–H and O–H groups in total. The quantitative estimate of drug-likeness (QED) is 0.480. The average molecular weight is 472 g/mol. The van der Waals surface area contributed by atoms with Crippen LogP contribution in [0.25, 0.3) is 10.9 Å². The van der Waals surface area contributed by atoms with Crippen LogP contribution in [0.5, 0.6) is 23.0 Å². The van der Waals surface area contributed by atoms with Gasteiger partial charge < -0.3 is 28.9 Å². The van der Waals surface area contributed by atoms with Gasteiger partial charge in [-0.25, -0.2) is 0 Å². The lowest BCUT2D eigenvalue weighted by Crippen LogP contribution is -2.39. The molecule has 4 heterocycles. The van der Waals surface area contributed by atoms with Crippen molar-refractivity contribution in [2.24, 2.45) is 0 Å². The summed E-state index contributed by atoms with van der Waals surface area (Å²) in [6, 6.07) is 19.9. The van der Waals surface area contributed by atoms with E-state index in [0.29, 0.717) is 17.2 Å². The van der Waals surface area contributed by atoms with E-state index >= 15 is 0 Å². The predicted octanol–water partition coefficient (Wildman–Crippen LogP) is 4.15. The van der Waals surface area contributed by atoms with E-state index in [1.54, 1.807) is 7.11 Å². The maximum atomic E-state index is 10.2. The second-order valence-corrected chi connectivity index (χ2v) is 9.13. The lowest BCUT2D eigenvalue weighted by Gasteiger charge is -2.41. The number of methoxy groups -OCH3 is 1. The minimum absolute atomic E-state index is 0.0385. The van der Waals surface area contributed by atoms with Crippen LogP contribution in [-0.4, -0.2) is 33.6 Å². The SMILES string of the molecule is COc1ccc2c(c1)c1c(n2CO)CN2CCc3cc4c(cc3C2C1)ON(Oc1ccccc1)O4. The van der Waals surface area contributed by atoms with Crippen molar-refractivity contribution in [3.8, 4) is 23.0 Å². The van der Waals surface area contributed by atoms with Crippen LogP contribution in [0.4, 0.5) is 0 Å². The minimum atomic E-state index is -0.0385. The van der Waals surface area contributed by atoms with Crippen LogP contribution in [0.15, 0.2) is 60.7 Å². The third kappa shape index (κ3) is 3.25. The maximum absolute atomic E-state index is 10.2. The summed E-state index contributed by atoms with van der Waals surface area (Å²) < 4.78 is 7.52. The summed E-state index contributed by atoms with van der Waals surface area (Å²) in [4.78, 5) is 19.9. The van der Waals surface area contributed by atoms with Crippen LogP contribution in [0.2, 0.25) is 0 Å². The average Bonchev–Trinajstić information content (AvgIpc) is 3.43. The van der Waals surface area contributed by atoms with Gasteiger partial charge >= 0.3 is 0 Å². The van der Waals surface area contributed by atoms with E-state index < -0.39 is 0 Å². The van der Waals surface area contributed by atoms with Gasteiger partial charge in [0.2, 0.25) is 5.39 Å². The molecule has 1 unspecified atom stereocenters. The van der Waals surface area contributed by atoms with Gasteiger partial charge in [-0.1, -0.05) is 18.2 Å². The van der Waals surface area contributed by atoms with Crippen LogP contribution in [0.3, 0.4) is 0 Å². The Kier molecular flexibility index (Phi) is 4.66. The summed E-state index contributed by atoms with van der Waals surface area (Å²) >= 11 is 0. The molecule has 1 aromatic heterocycles. The number of rotatable bonds is 4. The largest absolute Gasteiger partial charge is 0.497 e. The van der Waals surface area contributed by atoms with Crippen molar-refractivity contribution < 1.29 is 24.4 Å². The highest BCUT2D eigenvalue weighted by Crippen LogP contribution is 2.46. The van der Waals surface area contributed by atoms with Crippen molar-refractivity contribution in [1.82, 2.24) is 14.9 Å². The smallest absolute Gasteiger partial charge is 0.234 e. The van der Waals surface area contributed by atoms with Crippen molar-refractivity contribution in [2.75, 3.05) is 13.7 Å². The van der Waals surface area contributed by atoms with Crippen LogP contribution in [-0.2, 0) is 26.1 Å². The summed E-state index contributed by atoms with van der Waals surface area (Å²) in [6.07, 6.45) is 1.77. The highest BCUT2D eigenvalue weighted by Gasteiger charge is 2.37. The van der Waals surface area contributed by atoms with E-state index in [9.17, 15) is 5.11 Å². The Morgan fingerprint density at radius 3 is 2.63 bits per heavy atom. The molecule has 1 atom stereocenters. The van der Waals surface area contributed by atoms with Gasteiger partial charge in [0.25, 0.3) is 0 Å². The van der Waals surface area contributed by atoms with Gasteiger partial charge in [0.15, 0.2) is 17.2 Å². The van der Waals surface area contributed by atoms with Crippen molar-refractivity contribution in [2.45, 2.75) is 32.2 Å². The van der Waals surface area contributed by atoms with Crippen molar-refractivity contribution in [3.05, 3.63) is 83.0 Å². The molecular weight excluding hydrogens is 446 g/mol. The molecule has 0 bridgehead atoms. The molecule has 0 spiro atoms. The summed E-state index contributed by atoms with van der Waals surface area (Å²) in [7, 11) is 1.68. The molecular formula is C27H25N3O5. The highest BCUT2D eigenvalue weighted by molar-refractivity contribution is 5.87.